The summed E-state index contributed by atoms with van der Waals surface area (Å²) in [5, 5.41) is 10.9. The van der Waals surface area contributed by atoms with Gasteiger partial charge in [-0.3, -0.25) is 14.9 Å². The molecule has 2 aromatic heterocycles. The van der Waals surface area contributed by atoms with Gasteiger partial charge in [0.15, 0.2) is 0 Å². The molecular formula is C21H24N4O2. The summed E-state index contributed by atoms with van der Waals surface area (Å²) in [4.78, 5) is 16.5. The van der Waals surface area contributed by atoms with Gasteiger partial charge in [-0.05, 0) is 61.9 Å². The van der Waals surface area contributed by atoms with Gasteiger partial charge in [0, 0.05) is 30.2 Å². The Bertz CT molecular complexity index is 886. The Morgan fingerprint density at radius 1 is 1.22 bits per heavy atom. The first-order valence-corrected chi connectivity index (χ1v) is 9.55. The summed E-state index contributed by atoms with van der Waals surface area (Å²) in [7, 11) is 0. The molecule has 1 aromatic carbocycles. The second-order valence-corrected chi connectivity index (χ2v) is 7.12. The topological polar surface area (TPSA) is 79.9 Å². The van der Waals surface area contributed by atoms with E-state index in [0.29, 0.717) is 6.42 Å². The largest absolute Gasteiger partial charge is 0.490 e. The number of hydrogen-bond acceptors (Lipinski definition) is 4. The van der Waals surface area contributed by atoms with E-state index >= 15 is 0 Å². The number of aryl methyl sites for hydroxylation is 1. The molecule has 1 aliphatic rings. The highest BCUT2D eigenvalue weighted by Gasteiger charge is 2.23. The number of ether oxygens (including phenoxy) is 1. The first-order valence-electron chi connectivity index (χ1n) is 9.55. The smallest absolute Gasteiger partial charge is 0.220 e. The molecule has 1 saturated carbocycles. The highest BCUT2D eigenvalue weighted by Crippen LogP contribution is 2.26. The summed E-state index contributed by atoms with van der Waals surface area (Å²) in [5.41, 5.74) is 2.04. The summed E-state index contributed by atoms with van der Waals surface area (Å²) in [6.07, 6.45) is 10.6. The fourth-order valence-corrected chi connectivity index (χ4v) is 3.62. The Morgan fingerprint density at radius 3 is 2.93 bits per heavy atom. The van der Waals surface area contributed by atoms with E-state index in [4.69, 9.17) is 4.74 Å². The van der Waals surface area contributed by atoms with Crippen molar-refractivity contribution in [3.8, 4) is 5.75 Å². The number of H-pyrrole nitrogens is 1. The third kappa shape index (κ3) is 4.64. The Hall–Kier alpha value is -2.89. The molecule has 3 aromatic rings. The Labute approximate surface area is 158 Å². The Balaban J connectivity index is 1.23. The van der Waals surface area contributed by atoms with Crippen LogP contribution in [-0.4, -0.2) is 33.2 Å². The number of nitrogens with zero attached hydrogens (tertiary/aromatic N) is 2. The zero-order chi connectivity index (χ0) is 18.5. The molecule has 6 heteroatoms. The van der Waals surface area contributed by atoms with Crippen molar-refractivity contribution in [2.24, 2.45) is 0 Å². The van der Waals surface area contributed by atoms with Gasteiger partial charge in [-0.2, -0.15) is 5.10 Å². The summed E-state index contributed by atoms with van der Waals surface area (Å²) in [6, 6.07) is 10.3. The van der Waals surface area contributed by atoms with Gasteiger partial charge >= 0.3 is 0 Å². The summed E-state index contributed by atoms with van der Waals surface area (Å²) < 4.78 is 6.16. The fourth-order valence-electron chi connectivity index (χ4n) is 3.62. The van der Waals surface area contributed by atoms with Crippen molar-refractivity contribution < 1.29 is 9.53 Å². The van der Waals surface area contributed by atoms with E-state index < -0.39 is 0 Å². The van der Waals surface area contributed by atoms with Gasteiger partial charge in [-0.1, -0.05) is 6.07 Å². The zero-order valence-electron chi connectivity index (χ0n) is 15.2. The van der Waals surface area contributed by atoms with Gasteiger partial charge in [-0.15, -0.1) is 0 Å². The van der Waals surface area contributed by atoms with Crippen LogP contribution in [0.2, 0.25) is 0 Å². The van der Waals surface area contributed by atoms with Crippen molar-refractivity contribution in [2.75, 3.05) is 0 Å². The molecule has 6 nitrogen and oxygen atoms in total. The molecular weight excluding hydrogens is 340 g/mol. The van der Waals surface area contributed by atoms with Crippen molar-refractivity contribution in [2.45, 2.75) is 50.7 Å². The number of amides is 1. The number of benzene rings is 1. The molecule has 0 bridgehead atoms. The van der Waals surface area contributed by atoms with Gasteiger partial charge in [0.1, 0.15) is 5.75 Å². The van der Waals surface area contributed by atoms with Crippen molar-refractivity contribution >= 4 is 16.8 Å². The maximum Gasteiger partial charge on any atom is 0.220 e. The lowest BCUT2D eigenvalue weighted by Crippen LogP contribution is -2.39. The molecule has 0 unspecified atom stereocenters. The number of nitrogens with one attached hydrogen (secondary N) is 2. The summed E-state index contributed by atoms with van der Waals surface area (Å²) in [5.74, 6) is 1.01. The average Bonchev–Trinajstić information content (AvgIpc) is 3.22. The molecule has 1 aliphatic carbocycles. The van der Waals surface area contributed by atoms with Gasteiger partial charge in [0.25, 0.3) is 0 Å². The zero-order valence-corrected chi connectivity index (χ0v) is 15.2. The predicted molar refractivity (Wildman–Crippen MR) is 103 cm³/mol. The van der Waals surface area contributed by atoms with E-state index in [1.807, 2.05) is 36.5 Å². The summed E-state index contributed by atoms with van der Waals surface area (Å²) >= 11 is 0. The number of rotatable bonds is 6. The van der Waals surface area contributed by atoms with Crippen LogP contribution < -0.4 is 10.1 Å². The van der Waals surface area contributed by atoms with Crippen molar-refractivity contribution in [3.05, 3.63) is 54.5 Å². The first kappa shape index (κ1) is 17.5. The molecule has 0 aliphatic heterocycles. The van der Waals surface area contributed by atoms with Crippen LogP contribution in [-0.2, 0) is 11.2 Å². The summed E-state index contributed by atoms with van der Waals surface area (Å²) in [6.45, 7) is 0. The number of pyridine rings is 1. The molecule has 0 saturated heterocycles. The van der Waals surface area contributed by atoms with Crippen molar-refractivity contribution in [1.29, 1.82) is 0 Å². The number of carbonyl (C=O) groups excluding carboxylic acids is 1. The van der Waals surface area contributed by atoms with E-state index in [0.717, 1.165) is 54.3 Å². The van der Waals surface area contributed by atoms with Crippen LogP contribution in [0.1, 0.15) is 37.7 Å². The van der Waals surface area contributed by atoms with Crippen LogP contribution in [0.15, 0.2) is 48.9 Å². The van der Waals surface area contributed by atoms with E-state index in [-0.39, 0.29) is 18.1 Å². The number of fused-ring (bicyclic) bond motifs is 1. The molecule has 0 atom stereocenters. The van der Waals surface area contributed by atoms with Gasteiger partial charge in [-0.25, -0.2) is 0 Å². The SMILES string of the molecule is O=C(CCc1cn[nH]c1)NC1CCC(Oc2ccc3ncccc3c2)CC1. The van der Waals surface area contributed by atoms with Crippen LogP contribution in [0.4, 0.5) is 0 Å². The van der Waals surface area contributed by atoms with Crippen molar-refractivity contribution in [3.63, 3.8) is 0 Å². The molecule has 1 fully saturated rings. The third-order valence-corrected chi connectivity index (χ3v) is 5.11. The van der Waals surface area contributed by atoms with Crippen molar-refractivity contribution in [1.82, 2.24) is 20.5 Å². The normalized spacial score (nSPS) is 19.7. The Morgan fingerprint density at radius 2 is 2.11 bits per heavy atom. The lowest BCUT2D eigenvalue weighted by Gasteiger charge is -2.29. The van der Waals surface area contributed by atoms with Crippen LogP contribution in [0.5, 0.6) is 5.75 Å². The third-order valence-electron chi connectivity index (χ3n) is 5.11. The van der Waals surface area contributed by atoms with E-state index in [1.54, 1.807) is 12.4 Å². The minimum absolute atomic E-state index is 0.114. The van der Waals surface area contributed by atoms with Crippen LogP contribution >= 0.6 is 0 Å². The van der Waals surface area contributed by atoms with Gasteiger partial charge in [0.2, 0.25) is 5.91 Å². The average molecular weight is 364 g/mol. The number of carbonyl (C=O) groups is 1. The molecule has 140 valence electrons. The highest BCUT2D eigenvalue weighted by molar-refractivity contribution is 5.79. The molecule has 1 amide bonds. The molecule has 4 rings (SSSR count). The lowest BCUT2D eigenvalue weighted by molar-refractivity contribution is -0.122. The maximum absolute atomic E-state index is 12.1. The van der Waals surface area contributed by atoms with Gasteiger partial charge in [0.05, 0.1) is 17.8 Å². The minimum atomic E-state index is 0.114. The van der Waals surface area contributed by atoms with E-state index in [9.17, 15) is 4.79 Å². The molecule has 2 N–H and O–H groups in total. The van der Waals surface area contributed by atoms with E-state index in [1.165, 1.54) is 0 Å². The number of hydrogen-bond donors (Lipinski definition) is 2. The Kier molecular flexibility index (Phi) is 5.32. The van der Waals surface area contributed by atoms with Crippen LogP contribution in [0, 0.1) is 0 Å². The number of aromatic amines is 1. The molecule has 0 radical (unpaired) electrons. The maximum atomic E-state index is 12.1. The molecule has 2 heterocycles. The van der Waals surface area contributed by atoms with Gasteiger partial charge < -0.3 is 10.1 Å². The van der Waals surface area contributed by atoms with Crippen LogP contribution in [0.25, 0.3) is 10.9 Å². The quantitative estimate of drug-likeness (QED) is 0.702. The lowest BCUT2D eigenvalue weighted by atomic mass is 9.92. The first-order chi connectivity index (χ1) is 13.3. The standard InChI is InChI=1S/C21H24N4O2/c26-21(10-3-15-13-23-24-14-15)25-17-4-6-18(7-5-17)27-19-8-9-20-16(12-19)2-1-11-22-20/h1-2,8-9,11-14,17-18H,3-7,10H2,(H,23,24)(H,25,26). The monoisotopic (exact) mass is 364 g/mol. The molecule has 0 spiro atoms. The van der Waals surface area contributed by atoms with Crippen LogP contribution in [0.3, 0.4) is 0 Å². The molecule has 27 heavy (non-hydrogen) atoms. The minimum Gasteiger partial charge on any atom is -0.490 e. The number of aromatic nitrogens is 3. The predicted octanol–water partition coefficient (Wildman–Crippen LogP) is 3.40. The van der Waals surface area contributed by atoms with E-state index in [2.05, 4.69) is 20.5 Å². The highest BCUT2D eigenvalue weighted by atomic mass is 16.5. The second kappa shape index (κ2) is 8.20. The fraction of sp³-hybridized carbons (Fsp3) is 0.381. The second-order valence-electron chi connectivity index (χ2n) is 7.12.